The molecule has 0 amide bonds. The monoisotopic (exact) mass is 291 g/mol. The van der Waals surface area contributed by atoms with Crippen molar-refractivity contribution in [1.29, 1.82) is 0 Å². The SMILES string of the molecule is COC(=O)CC1CCCCN1c1ncnc2ccsc12. The van der Waals surface area contributed by atoms with E-state index in [4.69, 9.17) is 4.74 Å². The van der Waals surface area contributed by atoms with Crippen molar-refractivity contribution >= 4 is 33.3 Å². The molecule has 0 N–H and O–H groups in total. The van der Waals surface area contributed by atoms with Crippen molar-refractivity contribution in [3.8, 4) is 0 Å². The van der Waals surface area contributed by atoms with Crippen molar-refractivity contribution in [2.75, 3.05) is 18.6 Å². The van der Waals surface area contributed by atoms with E-state index in [9.17, 15) is 4.79 Å². The van der Waals surface area contributed by atoms with Gasteiger partial charge in [-0.15, -0.1) is 11.3 Å². The number of nitrogens with zero attached hydrogens (tertiary/aromatic N) is 3. The average Bonchev–Trinajstić information content (AvgIpc) is 2.96. The first-order valence-corrected chi connectivity index (χ1v) is 7.69. The van der Waals surface area contributed by atoms with E-state index in [1.54, 1.807) is 17.7 Å². The molecule has 2 aromatic rings. The van der Waals surface area contributed by atoms with Crippen LogP contribution in [-0.2, 0) is 9.53 Å². The zero-order valence-electron chi connectivity index (χ0n) is 11.4. The van der Waals surface area contributed by atoms with Crippen molar-refractivity contribution in [3.63, 3.8) is 0 Å². The molecule has 1 fully saturated rings. The number of esters is 1. The van der Waals surface area contributed by atoms with Crippen LogP contribution in [0, 0.1) is 0 Å². The van der Waals surface area contributed by atoms with Crippen LogP contribution in [0.15, 0.2) is 17.8 Å². The first kappa shape index (κ1) is 13.3. The first-order chi connectivity index (χ1) is 9.79. The normalized spacial score (nSPS) is 19.2. The van der Waals surface area contributed by atoms with Gasteiger partial charge in [0.25, 0.3) is 0 Å². The summed E-state index contributed by atoms with van der Waals surface area (Å²) in [4.78, 5) is 22.6. The Morgan fingerprint density at radius 3 is 3.25 bits per heavy atom. The summed E-state index contributed by atoms with van der Waals surface area (Å²) < 4.78 is 5.92. The number of piperidine rings is 1. The van der Waals surface area contributed by atoms with Gasteiger partial charge >= 0.3 is 5.97 Å². The Labute approximate surface area is 121 Å². The van der Waals surface area contributed by atoms with Gasteiger partial charge in [0.2, 0.25) is 0 Å². The van der Waals surface area contributed by atoms with Crippen LogP contribution < -0.4 is 4.90 Å². The van der Waals surface area contributed by atoms with E-state index in [0.717, 1.165) is 41.8 Å². The van der Waals surface area contributed by atoms with E-state index in [1.165, 1.54) is 7.11 Å². The van der Waals surface area contributed by atoms with E-state index < -0.39 is 0 Å². The third kappa shape index (κ3) is 2.47. The average molecular weight is 291 g/mol. The van der Waals surface area contributed by atoms with Gasteiger partial charge in [-0.1, -0.05) is 0 Å². The second-order valence-corrected chi connectivity index (χ2v) is 5.87. The number of hydrogen-bond acceptors (Lipinski definition) is 6. The highest BCUT2D eigenvalue weighted by atomic mass is 32.1. The highest BCUT2D eigenvalue weighted by molar-refractivity contribution is 7.17. The number of aromatic nitrogens is 2. The smallest absolute Gasteiger partial charge is 0.307 e. The van der Waals surface area contributed by atoms with E-state index in [0.29, 0.717) is 6.42 Å². The minimum Gasteiger partial charge on any atom is -0.469 e. The number of fused-ring (bicyclic) bond motifs is 1. The maximum Gasteiger partial charge on any atom is 0.307 e. The molecule has 5 nitrogen and oxygen atoms in total. The maximum absolute atomic E-state index is 11.6. The molecule has 20 heavy (non-hydrogen) atoms. The molecule has 1 saturated heterocycles. The third-order valence-electron chi connectivity index (χ3n) is 3.75. The van der Waals surface area contributed by atoms with Crippen molar-refractivity contribution in [1.82, 2.24) is 9.97 Å². The van der Waals surface area contributed by atoms with E-state index in [-0.39, 0.29) is 12.0 Å². The van der Waals surface area contributed by atoms with Crippen molar-refractivity contribution in [3.05, 3.63) is 17.8 Å². The lowest BCUT2D eigenvalue weighted by molar-refractivity contribution is -0.141. The zero-order chi connectivity index (χ0) is 13.9. The lowest BCUT2D eigenvalue weighted by Crippen LogP contribution is -2.41. The molecule has 1 atom stereocenters. The number of rotatable bonds is 3. The fraction of sp³-hybridized carbons (Fsp3) is 0.500. The summed E-state index contributed by atoms with van der Waals surface area (Å²) in [5.41, 5.74) is 0.974. The molecule has 0 aromatic carbocycles. The standard InChI is InChI=1S/C14H17N3O2S/c1-19-12(18)8-10-4-2-3-6-17(10)14-13-11(5-7-20-13)15-9-16-14/h5,7,9-10H,2-4,6,8H2,1H3. The van der Waals surface area contributed by atoms with Crippen LogP contribution in [-0.4, -0.2) is 35.6 Å². The van der Waals surface area contributed by atoms with Gasteiger partial charge in [0, 0.05) is 12.6 Å². The molecule has 0 aliphatic carbocycles. The molecular formula is C14H17N3O2S. The fourth-order valence-electron chi connectivity index (χ4n) is 2.75. The first-order valence-electron chi connectivity index (χ1n) is 6.81. The largest absolute Gasteiger partial charge is 0.469 e. The summed E-state index contributed by atoms with van der Waals surface area (Å²) in [5, 5.41) is 2.03. The van der Waals surface area contributed by atoms with Gasteiger partial charge in [-0.2, -0.15) is 0 Å². The van der Waals surface area contributed by atoms with E-state index in [2.05, 4.69) is 14.9 Å². The van der Waals surface area contributed by atoms with Gasteiger partial charge in [0.1, 0.15) is 12.1 Å². The molecule has 0 saturated carbocycles. The van der Waals surface area contributed by atoms with E-state index in [1.807, 2.05) is 11.4 Å². The zero-order valence-corrected chi connectivity index (χ0v) is 12.2. The fourth-order valence-corrected chi connectivity index (χ4v) is 3.60. The molecule has 6 heteroatoms. The number of hydrogen-bond donors (Lipinski definition) is 0. The molecule has 3 heterocycles. The Morgan fingerprint density at radius 1 is 1.50 bits per heavy atom. The Morgan fingerprint density at radius 2 is 2.40 bits per heavy atom. The molecule has 0 bridgehead atoms. The van der Waals surface area contributed by atoms with Crippen molar-refractivity contribution < 1.29 is 9.53 Å². The summed E-state index contributed by atoms with van der Waals surface area (Å²) >= 11 is 1.65. The van der Waals surface area contributed by atoms with Gasteiger partial charge < -0.3 is 9.64 Å². The molecular weight excluding hydrogens is 274 g/mol. The summed E-state index contributed by atoms with van der Waals surface area (Å²) in [6.07, 6.45) is 5.32. The molecule has 1 aliphatic heterocycles. The summed E-state index contributed by atoms with van der Waals surface area (Å²) in [6, 6.07) is 2.18. The third-order valence-corrected chi connectivity index (χ3v) is 4.65. The number of carbonyl (C=O) groups excluding carboxylic acids is 1. The van der Waals surface area contributed by atoms with Gasteiger partial charge in [0.05, 0.1) is 23.7 Å². The number of carbonyl (C=O) groups is 1. The van der Waals surface area contributed by atoms with Crippen LogP contribution in [0.3, 0.4) is 0 Å². The minimum atomic E-state index is -0.154. The van der Waals surface area contributed by atoms with Gasteiger partial charge in [0.15, 0.2) is 0 Å². The molecule has 0 radical (unpaired) electrons. The van der Waals surface area contributed by atoms with Gasteiger partial charge in [-0.3, -0.25) is 4.79 Å². The summed E-state index contributed by atoms with van der Waals surface area (Å²) in [6.45, 7) is 0.936. The van der Waals surface area contributed by atoms with Crippen molar-refractivity contribution in [2.45, 2.75) is 31.7 Å². The second kappa shape index (κ2) is 5.75. The number of ether oxygens (including phenoxy) is 1. The van der Waals surface area contributed by atoms with Gasteiger partial charge in [-0.05, 0) is 30.7 Å². The highest BCUT2D eigenvalue weighted by Gasteiger charge is 2.27. The second-order valence-electron chi connectivity index (χ2n) is 4.96. The molecule has 3 rings (SSSR count). The summed E-state index contributed by atoms with van der Waals surface area (Å²) in [5.74, 6) is 0.803. The quantitative estimate of drug-likeness (QED) is 0.814. The van der Waals surface area contributed by atoms with Crippen LogP contribution in [0.25, 0.3) is 10.2 Å². The molecule has 0 spiro atoms. The predicted molar refractivity (Wildman–Crippen MR) is 79.0 cm³/mol. The number of thiophene rings is 1. The lowest BCUT2D eigenvalue weighted by atomic mass is 9.99. The topological polar surface area (TPSA) is 55.3 Å². The van der Waals surface area contributed by atoms with Crippen LogP contribution in [0.5, 0.6) is 0 Å². The van der Waals surface area contributed by atoms with Gasteiger partial charge in [-0.25, -0.2) is 9.97 Å². The predicted octanol–water partition coefficient (Wildman–Crippen LogP) is 2.61. The van der Waals surface area contributed by atoms with Crippen LogP contribution >= 0.6 is 11.3 Å². The lowest BCUT2D eigenvalue weighted by Gasteiger charge is -2.36. The Bertz CT molecular complexity index is 613. The summed E-state index contributed by atoms with van der Waals surface area (Å²) in [7, 11) is 1.44. The Balaban J connectivity index is 1.93. The van der Waals surface area contributed by atoms with E-state index >= 15 is 0 Å². The molecule has 1 aliphatic rings. The molecule has 106 valence electrons. The molecule has 2 aromatic heterocycles. The molecule has 1 unspecified atom stereocenters. The highest BCUT2D eigenvalue weighted by Crippen LogP contribution is 2.32. The Hall–Kier alpha value is -1.69. The number of anilines is 1. The minimum absolute atomic E-state index is 0.154. The van der Waals surface area contributed by atoms with Crippen LogP contribution in [0.2, 0.25) is 0 Å². The Kier molecular flexibility index (Phi) is 3.82. The van der Waals surface area contributed by atoms with Crippen LogP contribution in [0.4, 0.5) is 5.82 Å². The van der Waals surface area contributed by atoms with Crippen LogP contribution in [0.1, 0.15) is 25.7 Å². The maximum atomic E-state index is 11.6. The van der Waals surface area contributed by atoms with Crippen molar-refractivity contribution in [2.24, 2.45) is 0 Å². The number of methoxy groups -OCH3 is 1.